The van der Waals surface area contributed by atoms with Gasteiger partial charge in [0.15, 0.2) is 0 Å². The lowest BCUT2D eigenvalue weighted by Gasteiger charge is -2.08. The first kappa shape index (κ1) is 10.9. The maximum atomic E-state index is 13.1. The molecule has 0 aliphatic heterocycles. The average Bonchev–Trinajstić information content (AvgIpc) is 2.11. The van der Waals surface area contributed by atoms with E-state index in [0.717, 1.165) is 0 Å². The predicted molar refractivity (Wildman–Crippen MR) is 50.7 cm³/mol. The van der Waals surface area contributed by atoms with Crippen LogP contribution in [0.3, 0.4) is 0 Å². The number of carboxylic acid groups (broad SMARTS) is 1. The average molecular weight is 218 g/mol. The van der Waals surface area contributed by atoms with Gasteiger partial charge in [0.2, 0.25) is 0 Å². The quantitative estimate of drug-likeness (QED) is 0.805. The monoisotopic (exact) mass is 217 g/mol. The second kappa shape index (κ2) is 4.39. The summed E-state index contributed by atoms with van der Waals surface area (Å²) in [5.74, 6) is -1.71. The van der Waals surface area contributed by atoms with E-state index < -0.39 is 17.8 Å². The topological polar surface area (TPSA) is 63.3 Å². The van der Waals surface area contributed by atoms with Crippen molar-refractivity contribution in [3.63, 3.8) is 0 Å². The Bertz CT molecular complexity index is 336. The molecule has 0 unspecified atom stereocenters. The first-order valence-corrected chi connectivity index (χ1v) is 4.31. The van der Waals surface area contributed by atoms with Crippen LogP contribution in [0.1, 0.15) is 5.56 Å². The van der Waals surface area contributed by atoms with E-state index in [2.05, 4.69) is 0 Å². The first-order valence-electron chi connectivity index (χ1n) is 3.93. The van der Waals surface area contributed by atoms with Gasteiger partial charge >= 0.3 is 5.97 Å². The minimum absolute atomic E-state index is 0.110. The molecule has 3 nitrogen and oxygen atoms in total. The van der Waals surface area contributed by atoms with Crippen molar-refractivity contribution in [3.05, 3.63) is 34.6 Å². The Morgan fingerprint density at radius 3 is 2.79 bits per heavy atom. The molecule has 0 aromatic heterocycles. The number of nitrogens with two attached hydrogens (primary N) is 1. The second-order valence-electron chi connectivity index (χ2n) is 2.85. The normalized spacial score (nSPS) is 12.5. The van der Waals surface area contributed by atoms with Crippen molar-refractivity contribution >= 4 is 17.6 Å². The summed E-state index contributed by atoms with van der Waals surface area (Å²) in [6.07, 6.45) is -0.110. The van der Waals surface area contributed by atoms with Gasteiger partial charge in [-0.3, -0.25) is 4.79 Å². The van der Waals surface area contributed by atoms with Gasteiger partial charge in [0.1, 0.15) is 11.9 Å². The number of aliphatic carboxylic acids is 1. The molecule has 0 saturated carbocycles. The first-order chi connectivity index (χ1) is 6.52. The summed E-state index contributed by atoms with van der Waals surface area (Å²) in [5.41, 5.74) is 5.40. The summed E-state index contributed by atoms with van der Waals surface area (Å²) in [7, 11) is 0. The lowest BCUT2D eigenvalue weighted by molar-refractivity contribution is -0.138. The molecule has 0 heterocycles. The number of benzene rings is 1. The molecule has 5 heteroatoms. The molecule has 14 heavy (non-hydrogen) atoms. The fourth-order valence-electron chi connectivity index (χ4n) is 1.03. The molecule has 0 bridgehead atoms. The Kier molecular flexibility index (Phi) is 3.43. The highest BCUT2D eigenvalue weighted by Gasteiger charge is 2.16. The highest BCUT2D eigenvalue weighted by Crippen LogP contribution is 2.20. The van der Waals surface area contributed by atoms with Crippen molar-refractivity contribution < 1.29 is 14.3 Å². The molecule has 0 fully saturated rings. The number of hydrogen-bond donors (Lipinski definition) is 2. The van der Waals surface area contributed by atoms with Crippen LogP contribution in [0.5, 0.6) is 0 Å². The molecule has 1 aromatic carbocycles. The van der Waals surface area contributed by atoms with Gasteiger partial charge in [0.05, 0.1) is 0 Å². The van der Waals surface area contributed by atoms with Gasteiger partial charge < -0.3 is 10.8 Å². The van der Waals surface area contributed by atoms with Gasteiger partial charge in [-0.1, -0.05) is 17.7 Å². The maximum absolute atomic E-state index is 13.1. The van der Waals surface area contributed by atoms with E-state index in [9.17, 15) is 9.18 Å². The lowest BCUT2D eigenvalue weighted by Crippen LogP contribution is -2.32. The van der Waals surface area contributed by atoms with Crippen molar-refractivity contribution in [2.75, 3.05) is 0 Å². The summed E-state index contributed by atoms with van der Waals surface area (Å²) in [4.78, 5) is 10.4. The Balaban J connectivity index is 2.91. The van der Waals surface area contributed by atoms with Gasteiger partial charge in [-0.25, -0.2) is 4.39 Å². The third kappa shape index (κ3) is 2.43. The molecule has 0 aliphatic carbocycles. The Morgan fingerprint density at radius 2 is 2.29 bits per heavy atom. The van der Waals surface area contributed by atoms with Crippen LogP contribution in [0, 0.1) is 5.82 Å². The fraction of sp³-hybridized carbons (Fsp3) is 0.222. The van der Waals surface area contributed by atoms with Crippen molar-refractivity contribution in [1.82, 2.24) is 0 Å². The minimum Gasteiger partial charge on any atom is -0.480 e. The molecule has 0 spiro atoms. The van der Waals surface area contributed by atoms with Crippen molar-refractivity contribution in [2.24, 2.45) is 5.73 Å². The van der Waals surface area contributed by atoms with Crippen LogP contribution in [-0.4, -0.2) is 17.1 Å². The third-order valence-corrected chi connectivity index (χ3v) is 2.16. The predicted octanol–water partition coefficient (Wildman–Crippen LogP) is 1.43. The number of rotatable bonds is 3. The van der Waals surface area contributed by atoms with E-state index in [4.69, 9.17) is 22.4 Å². The maximum Gasteiger partial charge on any atom is 0.320 e. The molecule has 76 valence electrons. The minimum atomic E-state index is -1.18. The van der Waals surface area contributed by atoms with Crippen LogP contribution in [0.4, 0.5) is 4.39 Å². The van der Waals surface area contributed by atoms with Crippen molar-refractivity contribution in [2.45, 2.75) is 12.5 Å². The molecule has 1 atom stereocenters. The van der Waals surface area contributed by atoms with Gasteiger partial charge in [0, 0.05) is 17.0 Å². The second-order valence-corrected chi connectivity index (χ2v) is 3.26. The van der Waals surface area contributed by atoms with Crippen molar-refractivity contribution in [1.29, 1.82) is 0 Å². The van der Waals surface area contributed by atoms with Gasteiger partial charge in [0.25, 0.3) is 0 Å². The van der Waals surface area contributed by atoms with Crippen LogP contribution in [0.25, 0.3) is 0 Å². The van der Waals surface area contributed by atoms with Crippen LogP contribution in [0.2, 0.25) is 5.02 Å². The highest BCUT2D eigenvalue weighted by atomic mass is 35.5. The van der Waals surface area contributed by atoms with Gasteiger partial charge in [-0.05, 0) is 12.1 Å². The zero-order valence-electron chi connectivity index (χ0n) is 7.21. The Hall–Kier alpha value is -1.13. The van der Waals surface area contributed by atoms with Gasteiger partial charge in [-0.2, -0.15) is 0 Å². The van der Waals surface area contributed by atoms with Crippen LogP contribution < -0.4 is 5.73 Å². The zero-order chi connectivity index (χ0) is 10.7. The van der Waals surface area contributed by atoms with E-state index in [1.165, 1.54) is 18.2 Å². The van der Waals surface area contributed by atoms with E-state index in [-0.39, 0.29) is 17.0 Å². The summed E-state index contributed by atoms with van der Waals surface area (Å²) in [6, 6.07) is 3.03. The van der Waals surface area contributed by atoms with E-state index in [1.807, 2.05) is 0 Å². The number of carboxylic acids is 1. The largest absolute Gasteiger partial charge is 0.480 e. The van der Waals surface area contributed by atoms with Crippen LogP contribution >= 0.6 is 11.6 Å². The van der Waals surface area contributed by atoms with E-state index in [1.54, 1.807) is 0 Å². The SMILES string of the molecule is N[C@H](Cc1c(F)cccc1Cl)C(=O)O. The third-order valence-electron chi connectivity index (χ3n) is 1.80. The summed E-state index contributed by atoms with van der Waals surface area (Å²) >= 11 is 5.69. The fourth-order valence-corrected chi connectivity index (χ4v) is 1.27. The molecule has 0 aliphatic rings. The number of carbonyl (C=O) groups is 1. The molecule has 1 rings (SSSR count). The smallest absolute Gasteiger partial charge is 0.320 e. The molecule has 3 N–H and O–H groups in total. The molecular formula is C9H9ClFNO2. The molecular weight excluding hydrogens is 209 g/mol. The Labute approximate surface area is 85.3 Å². The molecule has 1 aromatic rings. The Morgan fingerprint density at radius 1 is 1.64 bits per heavy atom. The summed E-state index contributed by atoms with van der Waals surface area (Å²) in [6.45, 7) is 0. The lowest BCUT2D eigenvalue weighted by atomic mass is 10.1. The van der Waals surface area contributed by atoms with E-state index in [0.29, 0.717) is 0 Å². The molecule has 0 saturated heterocycles. The standard InChI is InChI=1S/C9H9ClFNO2/c10-6-2-1-3-7(11)5(6)4-8(12)9(13)14/h1-3,8H,4,12H2,(H,13,14)/t8-/m1/s1. The number of hydrogen-bond acceptors (Lipinski definition) is 2. The zero-order valence-corrected chi connectivity index (χ0v) is 7.96. The van der Waals surface area contributed by atoms with Crippen LogP contribution in [-0.2, 0) is 11.2 Å². The number of halogens is 2. The van der Waals surface area contributed by atoms with Crippen LogP contribution in [0.15, 0.2) is 18.2 Å². The summed E-state index contributed by atoms with van der Waals surface area (Å²) < 4.78 is 13.1. The van der Waals surface area contributed by atoms with Gasteiger partial charge in [-0.15, -0.1) is 0 Å². The highest BCUT2D eigenvalue weighted by molar-refractivity contribution is 6.31. The van der Waals surface area contributed by atoms with Crippen molar-refractivity contribution in [3.8, 4) is 0 Å². The molecule has 0 amide bonds. The molecule has 0 radical (unpaired) electrons. The van der Waals surface area contributed by atoms with E-state index >= 15 is 0 Å². The summed E-state index contributed by atoms with van der Waals surface area (Å²) in [5, 5.41) is 8.73.